The van der Waals surface area contributed by atoms with Crippen molar-refractivity contribution in [3.63, 3.8) is 0 Å². The summed E-state index contributed by atoms with van der Waals surface area (Å²) in [6, 6.07) is 8.54. The maximum atomic E-state index is 11.5. The molecule has 6 nitrogen and oxygen atoms in total. The molecular formula is C19H34IN5O. The zero-order valence-corrected chi connectivity index (χ0v) is 19.0. The van der Waals surface area contributed by atoms with Gasteiger partial charge in [0.1, 0.15) is 0 Å². The van der Waals surface area contributed by atoms with Gasteiger partial charge in [0.05, 0.1) is 0 Å². The van der Waals surface area contributed by atoms with Crippen molar-refractivity contribution in [2.75, 3.05) is 44.7 Å². The highest BCUT2D eigenvalue weighted by Gasteiger charge is 2.06. The first kappa shape index (κ1) is 24.5. The molecule has 0 saturated carbocycles. The van der Waals surface area contributed by atoms with Crippen LogP contribution in [0.1, 0.15) is 26.3 Å². The lowest BCUT2D eigenvalue weighted by Gasteiger charge is -2.24. The number of anilines is 1. The number of guanidine groups is 1. The Morgan fingerprint density at radius 1 is 1.15 bits per heavy atom. The molecule has 0 bridgehead atoms. The summed E-state index contributed by atoms with van der Waals surface area (Å²) in [5.74, 6) is 0.833. The van der Waals surface area contributed by atoms with Gasteiger partial charge in [0.25, 0.3) is 0 Å². The lowest BCUT2D eigenvalue weighted by molar-refractivity contribution is -0.123. The summed E-state index contributed by atoms with van der Waals surface area (Å²) in [4.78, 5) is 18.0. The monoisotopic (exact) mass is 475 g/mol. The van der Waals surface area contributed by atoms with Crippen molar-refractivity contribution >= 4 is 41.5 Å². The molecule has 0 aromatic heterocycles. The van der Waals surface area contributed by atoms with Gasteiger partial charge in [-0.2, -0.15) is 0 Å². The van der Waals surface area contributed by atoms with Crippen molar-refractivity contribution in [1.29, 1.82) is 0 Å². The minimum absolute atomic E-state index is 0. The summed E-state index contributed by atoms with van der Waals surface area (Å²) in [7, 11) is 1.75. The fraction of sp³-hybridized carbons (Fsp3) is 0.579. The second kappa shape index (κ2) is 13.7. The Labute approximate surface area is 175 Å². The Hall–Kier alpha value is -1.51. The zero-order chi connectivity index (χ0) is 18.7. The van der Waals surface area contributed by atoms with Crippen molar-refractivity contribution < 1.29 is 4.79 Å². The van der Waals surface area contributed by atoms with Crippen LogP contribution >= 0.6 is 24.0 Å². The molecule has 0 aliphatic carbocycles. The zero-order valence-electron chi connectivity index (χ0n) is 16.6. The maximum Gasteiger partial charge on any atom is 0.222 e. The predicted octanol–water partition coefficient (Wildman–Crippen LogP) is 2.38. The number of carbonyl (C=O) groups excluding carboxylic acids is 1. The largest absolute Gasteiger partial charge is 0.370 e. The molecule has 0 heterocycles. The Bertz CT molecular complexity index is 563. The van der Waals surface area contributed by atoms with E-state index in [-0.39, 0.29) is 35.8 Å². The molecule has 0 unspecified atom stereocenters. The molecule has 0 spiro atoms. The van der Waals surface area contributed by atoms with E-state index >= 15 is 0 Å². The second-order valence-electron chi connectivity index (χ2n) is 6.29. The van der Waals surface area contributed by atoms with Crippen LogP contribution in [0.4, 0.5) is 5.69 Å². The molecule has 1 aromatic rings. The molecule has 1 amide bonds. The minimum atomic E-state index is 0. The van der Waals surface area contributed by atoms with Crippen LogP contribution in [-0.4, -0.2) is 51.6 Å². The number of benzene rings is 1. The summed E-state index contributed by atoms with van der Waals surface area (Å²) in [5.41, 5.74) is 2.51. The molecular weight excluding hydrogens is 441 g/mol. The SMILES string of the molecule is CCN(CCNC(=NC)NCCNC(=O)C(C)C)c1cccc(C)c1.I. The molecule has 7 heteroatoms. The molecule has 26 heavy (non-hydrogen) atoms. The highest BCUT2D eigenvalue weighted by Crippen LogP contribution is 2.14. The third-order valence-corrected chi connectivity index (χ3v) is 3.89. The summed E-state index contributed by atoms with van der Waals surface area (Å²) in [6.45, 7) is 11.9. The fourth-order valence-corrected chi connectivity index (χ4v) is 2.40. The predicted molar refractivity (Wildman–Crippen MR) is 122 cm³/mol. The first-order chi connectivity index (χ1) is 12.0. The van der Waals surface area contributed by atoms with Gasteiger partial charge in [-0.15, -0.1) is 24.0 Å². The van der Waals surface area contributed by atoms with Crippen LogP contribution in [0.5, 0.6) is 0 Å². The van der Waals surface area contributed by atoms with Crippen LogP contribution in [0.3, 0.4) is 0 Å². The quantitative estimate of drug-likeness (QED) is 0.222. The molecule has 0 radical (unpaired) electrons. The average molecular weight is 475 g/mol. The highest BCUT2D eigenvalue weighted by molar-refractivity contribution is 14.0. The number of hydrogen-bond acceptors (Lipinski definition) is 3. The number of carbonyl (C=O) groups is 1. The Balaban J connectivity index is 0.00000625. The van der Waals surface area contributed by atoms with E-state index in [4.69, 9.17) is 0 Å². The number of likely N-dealkylation sites (N-methyl/N-ethyl adjacent to an activating group) is 1. The number of hydrogen-bond donors (Lipinski definition) is 3. The standard InChI is InChI=1S/C19H33N5O.HI/c1-6-24(17-9-7-8-16(4)14-17)13-12-23-19(20-5)22-11-10-21-18(25)15(2)3;/h7-9,14-15H,6,10-13H2,1-5H3,(H,21,25)(H2,20,22,23);1H. The van der Waals surface area contributed by atoms with E-state index in [1.165, 1.54) is 11.3 Å². The van der Waals surface area contributed by atoms with Gasteiger partial charge in [0.2, 0.25) is 5.91 Å². The average Bonchev–Trinajstić information content (AvgIpc) is 2.60. The van der Waals surface area contributed by atoms with E-state index in [0.29, 0.717) is 13.1 Å². The lowest BCUT2D eigenvalue weighted by atomic mass is 10.2. The van der Waals surface area contributed by atoms with Gasteiger partial charge >= 0.3 is 0 Å². The summed E-state index contributed by atoms with van der Waals surface area (Å²) in [6.07, 6.45) is 0. The molecule has 0 aliphatic heterocycles. The molecule has 0 saturated heterocycles. The molecule has 3 N–H and O–H groups in total. The number of nitrogens with zero attached hydrogens (tertiary/aromatic N) is 2. The Morgan fingerprint density at radius 2 is 1.81 bits per heavy atom. The van der Waals surface area contributed by atoms with Crippen LogP contribution in [-0.2, 0) is 4.79 Å². The van der Waals surface area contributed by atoms with Crippen LogP contribution in [0.15, 0.2) is 29.3 Å². The lowest BCUT2D eigenvalue weighted by Crippen LogP contribution is -2.44. The van der Waals surface area contributed by atoms with Gasteiger partial charge in [-0.25, -0.2) is 0 Å². The number of aliphatic imine (C=N–C) groups is 1. The topological polar surface area (TPSA) is 68.8 Å². The summed E-state index contributed by atoms with van der Waals surface area (Å²) in [5, 5.41) is 9.40. The van der Waals surface area contributed by atoms with Crippen LogP contribution in [0.25, 0.3) is 0 Å². The van der Waals surface area contributed by atoms with Crippen molar-refractivity contribution in [1.82, 2.24) is 16.0 Å². The third-order valence-electron chi connectivity index (χ3n) is 3.89. The van der Waals surface area contributed by atoms with E-state index in [1.54, 1.807) is 7.05 Å². The Kier molecular flexibility index (Phi) is 12.9. The van der Waals surface area contributed by atoms with E-state index in [1.807, 2.05) is 13.8 Å². The van der Waals surface area contributed by atoms with E-state index in [9.17, 15) is 4.79 Å². The van der Waals surface area contributed by atoms with Crippen LogP contribution < -0.4 is 20.9 Å². The number of aryl methyl sites for hydroxylation is 1. The second-order valence-corrected chi connectivity index (χ2v) is 6.29. The molecule has 148 valence electrons. The van der Waals surface area contributed by atoms with E-state index in [0.717, 1.165) is 25.6 Å². The van der Waals surface area contributed by atoms with Crippen molar-refractivity contribution in [3.8, 4) is 0 Å². The molecule has 0 aliphatic rings. The van der Waals surface area contributed by atoms with Crippen molar-refractivity contribution in [2.24, 2.45) is 10.9 Å². The minimum Gasteiger partial charge on any atom is -0.370 e. The molecule has 0 atom stereocenters. The van der Waals surface area contributed by atoms with Gasteiger partial charge in [0.15, 0.2) is 5.96 Å². The number of rotatable bonds is 9. The van der Waals surface area contributed by atoms with E-state index < -0.39 is 0 Å². The van der Waals surface area contributed by atoms with Gasteiger partial charge in [-0.1, -0.05) is 26.0 Å². The summed E-state index contributed by atoms with van der Waals surface area (Å²) < 4.78 is 0. The molecule has 0 fully saturated rings. The number of halogens is 1. The highest BCUT2D eigenvalue weighted by atomic mass is 127. The molecule has 1 rings (SSSR count). The third kappa shape index (κ3) is 9.26. The van der Waals surface area contributed by atoms with Crippen molar-refractivity contribution in [2.45, 2.75) is 27.7 Å². The number of amides is 1. The molecule has 1 aromatic carbocycles. The van der Waals surface area contributed by atoms with Gasteiger partial charge in [0, 0.05) is 51.4 Å². The van der Waals surface area contributed by atoms with Crippen LogP contribution in [0.2, 0.25) is 0 Å². The summed E-state index contributed by atoms with van der Waals surface area (Å²) >= 11 is 0. The normalized spacial score (nSPS) is 10.9. The van der Waals surface area contributed by atoms with Gasteiger partial charge in [-0.3, -0.25) is 9.79 Å². The van der Waals surface area contributed by atoms with Crippen LogP contribution in [0, 0.1) is 12.8 Å². The van der Waals surface area contributed by atoms with Gasteiger partial charge < -0.3 is 20.9 Å². The smallest absolute Gasteiger partial charge is 0.222 e. The van der Waals surface area contributed by atoms with Crippen molar-refractivity contribution in [3.05, 3.63) is 29.8 Å². The number of nitrogens with one attached hydrogen (secondary N) is 3. The first-order valence-corrected chi connectivity index (χ1v) is 9.01. The first-order valence-electron chi connectivity index (χ1n) is 9.01. The maximum absolute atomic E-state index is 11.5. The Morgan fingerprint density at radius 3 is 2.38 bits per heavy atom. The van der Waals surface area contributed by atoms with E-state index in [2.05, 4.69) is 64.0 Å². The fourth-order valence-electron chi connectivity index (χ4n) is 2.40. The van der Waals surface area contributed by atoms with Gasteiger partial charge in [-0.05, 0) is 31.5 Å².